The summed E-state index contributed by atoms with van der Waals surface area (Å²) in [4.78, 5) is 36.7. The number of hydrogen-bond donors (Lipinski definition) is 1. The minimum absolute atomic E-state index is 0.00281. The Kier molecular flexibility index (Phi) is 5.91. The number of amides is 1. The normalized spacial score (nSPS) is 10.7. The highest BCUT2D eigenvalue weighted by Gasteiger charge is 2.25. The number of aromatic nitrogens is 2. The fourth-order valence-electron chi connectivity index (χ4n) is 2.46. The van der Waals surface area contributed by atoms with Crippen LogP contribution in [0.4, 0.5) is 15.0 Å². The van der Waals surface area contributed by atoms with Gasteiger partial charge in [0.25, 0.3) is 5.91 Å². The topological polar surface area (TPSA) is 113 Å². The van der Waals surface area contributed by atoms with Gasteiger partial charge in [-0.25, -0.2) is 14.0 Å². The Hall–Kier alpha value is -3.69. The van der Waals surface area contributed by atoms with Crippen LogP contribution < -0.4 is 5.32 Å². The van der Waals surface area contributed by atoms with Crippen molar-refractivity contribution in [1.82, 2.24) is 9.78 Å². The minimum atomic E-state index is -0.811. The lowest BCUT2D eigenvalue weighted by Gasteiger charge is -2.03. The molecule has 0 saturated carbocycles. The average Bonchev–Trinajstić information content (AvgIpc) is 3.27. The van der Waals surface area contributed by atoms with Crippen LogP contribution in [-0.2, 0) is 9.47 Å². The van der Waals surface area contributed by atoms with E-state index in [1.165, 1.54) is 18.2 Å². The van der Waals surface area contributed by atoms with Gasteiger partial charge in [0.1, 0.15) is 11.3 Å². The molecule has 2 heterocycles. The van der Waals surface area contributed by atoms with E-state index in [0.717, 1.165) is 16.8 Å². The highest BCUT2D eigenvalue weighted by Crippen LogP contribution is 2.28. The van der Waals surface area contributed by atoms with Crippen LogP contribution in [0.2, 0.25) is 0 Å². The third-order valence-electron chi connectivity index (χ3n) is 3.77. The van der Waals surface area contributed by atoms with E-state index in [-0.39, 0.29) is 41.5 Å². The van der Waals surface area contributed by atoms with Crippen molar-refractivity contribution < 1.29 is 32.7 Å². The molecule has 0 aliphatic heterocycles. The molecular weight excluding hydrogens is 385 g/mol. The number of nitrogens with zero attached hydrogens (tertiary/aromatic N) is 2. The van der Waals surface area contributed by atoms with Crippen LogP contribution in [0.5, 0.6) is 0 Å². The van der Waals surface area contributed by atoms with Crippen molar-refractivity contribution in [2.45, 2.75) is 20.3 Å². The van der Waals surface area contributed by atoms with Gasteiger partial charge in [0.2, 0.25) is 5.76 Å². The molecule has 3 rings (SSSR count). The van der Waals surface area contributed by atoms with E-state index in [2.05, 4.69) is 10.4 Å². The third-order valence-corrected chi connectivity index (χ3v) is 3.77. The van der Waals surface area contributed by atoms with Gasteiger partial charge in [-0.05, 0) is 37.6 Å². The number of halogens is 1. The number of benzene rings is 1. The monoisotopic (exact) mass is 403 g/mol. The summed E-state index contributed by atoms with van der Waals surface area (Å²) in [5.41, 5.74) is 0.289. The van der Waals surface area contributed by atoms with Crippen LogP contribution in [-0.4, -0.2) is 41.0 Å². The molecular formula is C19H18FN3O6. The maximum atomic E-state index is 13.1. The van der Waals surface area contributed by atoms with Gasteiger partial charge in [-0.3, -0.25) is 4.79 Å². The quantitative estimate of drug-likeness (QED) is 0.626. The SMILES string of the molecule is CCCOC(=O)c1cc2c(o1)c(NC(=O)c1ccc(F)cc1)nn2C(=O)OCC. The number of esters is 1. The smallest absolute Gasteiger partial charge is 0.435 e. The van der Waals surface area contributed by atoms with E-state index in [1.807, 2.05) is 6.92 Å². The molecule has 0 unspecified atom stereocenters. The number of rotatable bonds is 6. The first-order chi connectivity index (χ1) is 13.9. The molecule has 1 N–H and O–H groups in total. The number of nitrogens with one attached hydrogen (secondary N) is 1. The first-order valence-corrected chi connectivity index (χ1v) is 8.88. The van der Waals surface area contributed by atoms with E-state index in [0.29, 0.717) is 6.42 Å². The van der Waals surface area contributed by atoms with Gasteiger partial charge in [0.15, 0.2) is 11.4 Å². The van der Waals surface area contributed by atoms with Crippen molar-refractivity contribution in [2.24, 2.45) is 0 Å². The highest BCUT2D eigenvalue weighted by molar-refractivity contribution is 6.08. The third kappa shape index (κ3) is 4.26. The lowest BCUT2D eigenvalue weighted by atomic mass is 10.2. The number of hydrogen-bond acceptors (Lipinski definition) is 7. The molecule has 0 saturated heterocycles. The number of anilines is 1. The predicted molar refractivity (Wildman–Crippen MR) is 99.3 cm³/mol. The Morgan fingerprint density at radius 2 is 1.90 bits per heavy atom. The zero-order valence-corrected chi connectivity index (χ0v) is 15.7. The average molecular weight is 403 g/mol. The van der Waals surface area contributed by atoms with E-state index in [1.54, 1.807) is 6.92 Å². The van der Waals surface area contributed by atoms with Crippen LogP contribution >= 0.6 is 0 Å². The van der Waals surface area contributed by atoms with Crippen molar-refractivity contribution in [3.05, 3.63) is 47.5 Å². The fraction of sp³-hybridized carbons (Fsp3) is 0.263. The molecule has 0 aliphatic rings. The predicted octanol–water partition coefficient (Wildman–Crippen LogP) is 3.59. The molecule has 1 aromatic carbocycles. The van der Waals surface area contributed by atoms with Crippen molar-refractivity contribution in [1.29, 1.82) is 0 Å². The molecule has 152 valence electrons. The molecule has 0 atom stereocenters. The highest BCUT2D eigenvalue weighted by atomic mass is 19.1. The first-order valence-electron chi connectivity index (χ1n) is 8.88. The molecule has 29 heavy (non-hydrogen) atoms. The van der Waals surface area contributed by atoms with E-state index >= 15 is 0 Å². The molecule has 0 spiro atoms. The van der Waals surface area contributed by atoms with E-state index in [9.17, 15) is 18.8 Å². The second kappa shape index (κ2) is 8.55. The number of fused-ring (bicyclic) bond motifs is 1. The summed E-state index contributed by atoms with van der Waals surface area (Å²) in [6.07, 6.45) is -0.185. The van der Waals surface area contributed by atoms with Crippen molar-refractivity contribution in [3.63, 3.8) is 0 Å². The van der Waals surface area contributed by atoms with Crippen molar-refractivity contribution in [2.75, 3.05) is 18.5 Å². The Bertz CT molecular complexity index is 1050. The van der Waals surface area contributed by atoms with Gasteiger partial charge >= 0.3 is 12.1 Å². The molecule has 0 aliphatic carbocycles. The van der Waals surface area contributed by atoms with E-state index < -0.39 is 23.8 Å². The van der Waals surface area contributed by atoms with Gasteiger partial charge in [0, 0.05) is 11.6 Å². The molecule has 0 bridgehead atoms. The summed E-state index contributed by atoms with van der Waals surface area (Å²) in [7, 11) is 0. The van der Waals surface area contributed by atoms with Gasteiger partial charge in [0.05, 0.1) is 13.2 Å². The van der Waals surface area contributed by atoms with E-state index in [4.69, 9.17) is 13.9 Å². The summed E-state index contributed by atoms with van der Waals surface area (Å²) < 4.78 is 29.4. The number of carbonyl (C=O) groups excluding carboxylic acids is 3. The second-order valence-electron chi connectivity index (χ2n) is 5.88. The maximum absolute atomic E-state index is 13.1. The Labute approximate surface area is 164 Å². The molecule has 10 heteroatoms. The van der Waals surface area contributed by atoms with Crippen LogP contribution in [0, 0.1) is 5.82 Å². The van der Waals surface area contributed by atoms with Crippen LogP contribution in [0.1, 0.15) is 41.2 Å². The molecule has 0 fully saturated rings. The second-order valence-corrected chi connectivity index (χ2v) is 5.88. The van der Waals surface area contributed by atoms with Crippen molar-refractivity contribution >= 4 is 34.9 Å². The fourth-order valence-corrected chi connectivity index (χ4v) is 2.46. The summed E-state index contributed by atoms with van der Waals surface area (Å²) >= 11 is 0. The Balaban J connectivity index is 1.97. The zero-order chi connectivity index (χ0) is 21.0. The lowest BCUT2D eigenvalue weighted by Crippen LogP contribution is -2.17. The molecule has 9 nitrogen and oxygen atoms in total. The van der Waals surface area contributed by atoms with Gasteiger partial charge in [-0.1, -0.05) is 6.92 Å². The Morgan fingerprint density at radius 1 is 1.17 bits per heavy atom. The first kappa shape index (κ1) is 20.1. The standard InChI is InChI=1S/C19H18FN3O6/c1-3-9-28-18(25)14-10-13-15(29-14)16(22-23(13)19(26)27-4-2)21-17(24)11-5-7-12(20)8-6-11/h5-8,10H,3-4,9H2,1-2H3,(H,21,22,24). The van der Waals surface area contributed by atoms with Gasteiger partial charge < -0.3 is 19.2 Å². The summed E-state index contributed by atoms with van der Waals surface area (Å²) in [5.74, 6) is -2.06. The van der Waals surface area contributed by atoms with Crippen LogP contribution in [0.3, 0.4) is 0 Å². The summed E-state index contributed by atoms with van der Waals surface area (Å²) in [6, 6.07) is 6.14. The number of furan rings is 1. The lowest BCUT2D eigenvalue weighted by molar-refractivity contribution is 0.0471. The zero-order valence-electron chi connectivity index (χ0n) is 15.7. The number of ether oxygens (including phenoxy) is 2. The molecule has 2 aromatic heterocycles. The van der Waals surface area contributed by atoms with Crippen molar-refractivity contribution in [3.8, 4) is 0 Å². The van der Waals surface area contributed by atoms with Crippen LogP contribution in [0.25, 0.3) is 11.1 Å². The van der Waals surface area contributed by atoms with Gasteiger partial charge in [-0.15, -0.1) is 5.10 Å². The molecule has 0 radical (unpaired) electrons. The summed E-state index contributed by atoms with van der Waals surface area (Å²) in [5, 5.41) is 6.49. The minimum Gasteiger partial charge on any atom is -0.460 e. The molecule has 3 aromatic rings. The van der Waals surface area contributed by atoms with Crippen LogP contribution in [0.15, 0.2) is 34.7 Å². The maximum Gasteiger partial charge on any atom is 0.435 e. The number of carbonyl (C=O) groups is 3. The Morgan fingerprint density at radius 3 is 2.55 bits per heavy atom. The summed E-state index contributed by atoms with van der Waals surface area (Å²) in [6.45, 7) is 3.76. The molecule has 1 amide bonds. The largest absolute Gasteiger partial charge is 0.460 e. The van der Waals surface area contributed by atoms with Gasteiger partial charge in [-0.2, -0.15) is 4.68 Å².